The number of anilines is 3. The lowest BCUT2D eigenvalue weighted by molar-refractivity contribution is 0.590. The van der Waals surface area contributed by atoms with Gasteiger partial charge in [-0.15, -0.1) is 11.3 Å². The predicted octanol–water partition coefficient (Wildman–Crippen LogP) is 5.85. The third kappa shape index (κ3) is 2.09. The van der Waals surface area contributed by atoms with Gasteiger partial charge in [-0.25, -0.2) is 0 Å². The van der Waals surface area contributed by atoms with E-state index >= 15 is 0 Å². The van der Waals surface area contributed by atoms with Crippen molar-refractivity contribution in [2.24, 2.45) is 0 Å². The molecule has 30 heavy (non-hydrogen) atoms. The molecule has 0 fully saturated rings. The normalized spacial score (nSPS) is 13.5. The molecular weight excluding hydrogens is 385 g/mol. The fourth-order valence-electron chi connectivity index (χ4n) is 4.91. The maximum absolute atomic E-state index is 6.65. The number of para-hydroxylation sites is 3. The molecule has 2 nitrogen and oxygen atoms in total. The highest BCUT2D eigenvalue weighted by molar-refractivity contribution is 7.18. The number of nitrogens with zero attached hydrogens (tertiary/aromatic N) is 1. The van der Waals surface area contributed by atoms with E-state index < -0.39 is 0 Å². The third-order valence-electron chi connectivity index (χ3n) is 6.14. The maximum atomic E-state index is 6.65. The zero-order valence-corrected chi connectivity index (χ0v) is 16.9. The average molecular weight is 401 g/mol. The Morgan fingerprint density at radius 1 is 0.767 bits per heavy atom. The van der Waals surface area contributed by atoms with Crippen LogP contribution in [0.1, 0.15) is 0 Å². The van der Waals surface area contributed by atoms with E-state index in [1.54, 1.807) is 0 Å². The lowest BCUT2D eigenvalue weighted by Crippen LogP contribution is -2.56. The van der Waals surface area contributed by atoms with Crippen LogP contribution >= 0.6 is 11.3 Å². The molecule has 0 unspecified atom stereocenters. The van der Waals surface area contributed by atoms with Gasteiger partial charge >= 0.3 is 6.92 Å². The Labute approximate surface area is 179 Å². The van der Waals surface area contributed by atoms with E-state index in [0.717, 1.165) is 5.75 Å². The van der Waals surface area contributed by atoms with Crippen LogP contribution in [0.3, 0.4) is 0 Å². The highest BCUT2D eigenvalue weighted by atomic mass is 32.1. The molecule has 0 spiro atoms. The Kier molecular flexibility index (Phi) is 3.27. The molecule has 0 amide bonds. The van der Waals surface area contributed by atoms with Crippen molar-refractivity contribution in [1.82, 2.24) is 0 Å². The van der Waals surface area contributed by atoms with Crippen LogP contribution < -0.4 is 20.5 Å². The van der Waals surface area contributed by atoms with Crippen LogP contribution in [0, 0.1) is 0 Å². The molecule has 0 atom stereocenters. The fraction of sp³-hybridized carbons (Fsp3) is 0. The van der Waals surface area contributed by atoms with E-state index in [1.807, 2.05) is 11.3 Å². The predicted molar refractivity (Wildman–Crippen MR) is 128 cm³/mol. The second-order valence-corrected chi connectivity index (χ2v) is 8.66. The van der Waals surface area contributed by atoms with Crippen molar-refractivity contribution in [2.45, 2.75) is 0 Å². The monoisotopic (exact) mass is 401 g/mol. The molecule has 140 valence electrons. The smallest absolute Gasteiger partial charge is 0.431 e. The maximum Gasteiger partial charge on any atom is 0.431 e. The van der Waals surface area contributed by atoms with Gasteiger partial charge < -0.3 is 9.55 Å². The first-order valence-electron chi connectivity index (χ1n) is 10.1. The Bertz CT molecular complexity index is 1440. The largest absolute Gasteiger partial charge is 0.551 e. The van der Waals surface area contributed by atoms with Gasteiger partial charge in [0.1, 0.15) is 5.75 Å². The average Bonchev–Trinajstić information content (AvgIpc) is 3.28. The number of fused-ring (bicyclic) bond motifs is 6. The van der Waals surface area contributed by atoms with Crippen molar-refractivity contribution >= 4 is 56.3 Å². The lowest BCUT2D eigenvalue weighted by Gasteiger charge is -2.39. The molecule has 3 heterocycles. The number of thiophene rings is 1. The number of rotatable bonds is 1. The minimum Gasteiger partial charge on any atom is -0.551 e. The zero-order valence-electron chi connectivity index (χ0n) is 16.1. The van der Waals surface area contributed by atoms with Crippen LogP contribution in [0.4, 0.5) is 17.1 Å². The van der Waals surface area contributed by atoms with Crippen molar-refractivity contribution in [2.75, 3.05) is 4.90 Å². The zero-order chi connectivity index (χ0) is 19.7. The SMILES string of the molecule is c1ccc(N2c3ccccc3B3Oc4ccccc4-c4c3c2cc2ccsc42)cc1. The quantitative estimate of drug-likeness (QED) is 0.327. The lowest BCUT2D eigenvalue weighted by atomic mass is 9.49. The Balaban J connectivity index is 1.65. The van der Waals surface area contributed by atoms with Crippen LogP contribution in [0.5, 0.6) is 5.75 Å². The van der Waals surface area contributed by atoms with Crippen molar-refractivity contribution in [3.8, 4) is 16.9 Å². The van der Waals surface area contributed by atoms with E-state index in [1.165, 1.54) is 49.2 Å². The standard InChI is InChI=1S/C26H16BNOS/c1-2-8-18(9-3-1)28-21-12-6-5-11-20(21)27-25-22(28)16-17-14-15-30-26(17)24(25)19-10-4-7-13-23(19)29-27/h1-16H. The summed E-state index contributed by atoms with van der Waals surface area (Å²) in [6.45, 7) is -0.104. The summed E-state index contributed by atoms with van der Waals surface area (Å²) in [5.74, 6) is 0.963. The summed E-state index contributed by atoms with van der Waals surface area (Å²) in [6.07, 6.45) is 0. The third-order valence-corrected chi connectivity index (χ3v) is 7.09. The van der Waals surface area contributed by atoms with Gasteiger partial charge in [0.25, 0.3) is 0 Å². The van der Waals surface area contributed by atoms with Crippen molar-refractivity contribution < 1.29 is 4.65 Å². The van der Waals surface area contributed by atoms with Crippen LogP contribution in [0.15, 0.2) is 96.4 Å². The molecule has 0 saturated carbocycles. The highest BCUT2D eigenvalue weighted by Crippen LogP contribution is 2.46. The first-order valence-corrected chi connectivity index (χ1v) is 11.0. The summed E-state index contributed by atoms with van der Waals surface area (Å²) in [7, 11) is 0. The number of hydrogen-bond acceptors (Lipinski definition) is 3. The van der Waals surface area contributed by atoms with Gasteiger partial charge in [-0.05, 0) is 52.6 Å². The van der Waals surface area contributed by atoms with E-state index in [4.69, 9.17) is 4.65 Å². The molecule has 1 aromatic heterocycles. The Morgan fingerprint density at radius 2 is 1.57 bits per heavy atom. The summed E-state index contributed by atoms with van der Waals surface area (Å²) in [5.41, 5.74) is 8.54. The number of hydrogen-bond donors (Lipinski definition) is 0. The van der Waals surface area contributed by atoms with Gasteiger partial charge in [0.05, 0.1) is 0 Å². The van der Waals surface area contributed by atoms with Crippen LogP contribution in [0.2, 0.25) is 0 Å². The second kappa shape index (κ2) is 6.00. The van der Waals surface area contributed by atoms with Crippen molar-refractivity contribution in [3.05, 3.63) is 96.4 Å². The molecule has 2 aliphatic heterocycles. The summed E-state index contributed by atoms with van der Waals surface area (Å²) in [5, 5.41) is 3.48. The van der Waals surface area contributed by atoms with E-state index in [9.17, 15) is 0 Å². The summed E-state index contributed by atoms with van der Waals surface area (Å²) < 4.78 is 7.99. The van der Waals surface area contributed by atoms with Gasteiger partial charge in [0.2, 0.25) is 0 Å². The second-order valence-electron chi connectivity index (χ2n) is 7.75. The van der Waals surface area contributed by atoms with E-state index in [2.05, 4.69) is 101 Å². The molecule has 0 aliphatic carbocycles. The van der Waals surface area contributed by atoms with E-state index in [0.29, 0.717) is 0 Å². The van der Waals surface area contributed by atoms with Crippen LogP contribution in [0.25, 0.3) is 21.2 Å². The molecule has 0 saturated heterocycles. The van der Waals surface area contributed by atoms with Gasteiger partial charge in [-0.2, -0.15) is 0 Å². The molecule has 5 aromatic rings. The molecule has 7 rings (SSSR count). The molecule has 0 N–H and O–H groups in total. The van der Waals surface area contributed by atoms with Gasteiger partial charge in [-0.1, -0.05) is 54.6 Å². The van der Waals surface area contributed by atoms with Crippen molar-refractivity contribution in [3.63, 3.8) is 0 Å². The van der Waals surface area contributed by atoms with Crippen LogP contribution in [-0.2, 0) is 0 Å². The molecule has 0 bridgehead atoms. The first-order chi connectivity index (χ1) is 14.9. The number of benzene rings is 4. The van der Waals surface area contributed by atoms with E-state index in [-0.39, 0.29) is 6.92 Å². The highest BCUT2D eigenvalue weighted by Gasteiger charge is 2.43. The molecule has 4 aromatic carbocycles. The minimum absolute atomic E-state index is 0.104. The van der Waals surface area contributed by atoms with Gasteiger partial charge in [0.15, 0.2) is 0 Å². The van der Waals surface area contributed by atoms with Crippen molar-refractivity contribution in [1.29, 1.82) is 0 Å². The fourth-order valence-corrected chi connectivity index (χ4v) is 5.86. The molecule has 4 heteroatoms. The molecule has 2 aliphatic rings. The first kappa shape index (κ1) is 16.3. The summed E-state index contributed by atoms with van der Waals surface area (Å²) >= 11 is 1.82. The Hall–Kier alpha value is -3.50. The topological polar surface area (TPSA) is 12.5 Å². The van der Waals surface area contributed by atoms with Gasteiger partial charge in [-0.3, -0.25) is 0 Å². The van der Waals surface area contributed by atoms with Gasteiger partial charge in [0, 0.05) is 38.4 Å². The molecular formula is C26H16BNOS. The summed E-state index contributed by atoms with van der Waals surface area (Å²) in [4.78, 5) is 2.39. The summed E-state index contributed by atoms with van der Waals surface area (Å²) in [6, 6.07) is 32.3. The minimum atomic E-state index is -0.104. The molecule has 0 radical (unpaired) electrons. The Morgan fingerprint density at radius 3 is 2.50 bits per heavy atom. The van der Waals surface area contributed by atoms with Crippen LogP contribution in [-0.4, -0.2) is 6.92 Å².